The van der Waals surface area contributed by atoms with Crippen LogP contribution in [0.5, 0.6) is 0 Å². The number of carbonyl (C=O) groups is 1. The van der Waals surface area contributed by atoms with Crippen LogP contribution in [0.1, 0.15) is 52.5 Å². The molecule has 2 aliphatic heterocycles. The van der Waals surface area contributed by atoms with Gasteiger partial charge in [-0.3, -0.25) is 14.2 Å². The van der Waals surface area contributed by atoms with Crippen molar-refractivity contribution in [2.24, 2.45) is 28.2 Å². The number of benzene rings is 2. The standard InChI is InChI=1S/C36H45Cl2N7O3/c1-20-17-44(19-32(47)39-20)34(41-30-14-23-13-28(21(30)2)36(23,3)4)40-25-7-8-27-31(16-25)42-35(43-11-10-26(46)18-43)45(33(27)48)12-9-22-5-6-24(37)15-29(22)38/h5-8,15-16,20-21,23,26,28,30,46H,9-14,17-19H2,1-4H3,(H,39,47)(H,40,41)/t20-,21-,23+,26-,28-,30-/m0/s1. The van der Waals surface area contributed by atoms with Crippen molar-refractivity contribution in [1.29, 1.82) is 0 Å². The first-order valence-electron chi connectivity index (χ1n) is 17.2. The Morgan fingerprint density at radius 3 is 2.62 bits per heavy atom. The number of fused-ring (bicyclic) bond motifs is 3. The number of β-amino-alcohol motifs (C(OH)–C–C–N with tert-alkyl or cyclic N) is 1. The highest BCUT2D eigenvalue weighted by Crippen LogP contribution is 2.61. The Bertz CT molecular complexity index is 1830. The molecule has 3 aromatic rings. The van der Waals surface area contributed by atoms with Crippen LogP contribution in [0, 0.1) is 23.2 Å². The quantitative estimate of drug-likeness (QED) is 0.241. The van der Waals surface area contributed by atoms with Crippen LogP contribution in [0.15, 0.2) is 46.2 Å². The summed E-state index contributed by atoms with van der Waals surface area (Å²) in [5.74, 6) is 2.92. The van der Waals surface area contributed by atoms with Crippen molar-refractivity contribution in [2.45, 2.75) is 78.1 Å². The molecule has 5 aliphatic rings. The number of aryl methyl sites for hydroxylation is 1. The van der Waals surface area contributed by atoms with Crippen LogP contribution in [0.2, 0.25) is 10.0 Å². The van der Waals surface area contributed by atoms with E-state index in [1.807, 2.05) is 41.0 Å². The molecule has 3 saturated carbocycles. The minimum atomic E-state index is -0.480. The third-order valence-electron chi connectivity index (χ3n) is 11.4. The van der Waals surface area contributed by atoms with Crippen LogP contribution in [0.25, 0.3) is 10.9 Å². The van der Waals surface area contributed by atoms with Gasteiger partial charge in [0, 0.05) is 48.0 Å². The summed E-state index contributed by atoms with van der Waals surface area (Å²) in [6.45, 7) is 11.3. The predicted octanol–water partition coefficient (Wildman–Crippen LogP) is 5.18. The molecule has 2 saturated heterocycles. The van der Waals surface area contributed by atoms with Gasteiger partial charge in [0.15, 0.2) is 5.96 Å². The fourth-order valence-electron chi connectivity index (χ4n) is 8.48. The maximum atomic E-state index is 14.1. The van der Waals surface area contributed by atoms with E-state index in [4.69, 9.17) is 33.2 Å². The van der Waals surface area contributed by atoms with Gasteiger partial charge in [0.05, 0.1) is 29.6 Å². The number of nitrogens with zero attached hydrogens (tertiary/aromatic N) is 5. The summed E-state index contributed by atoms with van der Waals surface area (Å²) in [5, 5.41) is 18.6. The molecular weight excluding hydrogens is 649 g/mol. The number of hydrogen-bond donors (Lipinski definition) is 3. The highest BCUT2D eigenvalue weighted by molar-refractivity contribution is 6.35. The van der Waals surface area contributed by atoms with E-state index >= 15 is 0 Å². The lowest BCUT2D eigenvalue weighted by Gasteiger charge is -2.61. The van der Waals surface area contributed by atoms with Crippen LogP contribution in [-0.4, -0.2) is 75.8 Å². The van der Waals surface area contributed by atoms with Crippen LogP contribution >= 0.6 is 23.2 Å². The fourth-order valence-corrected chi connectivity index (χ4v) is 8.98. The highest BCUT2D eigenvalue weighted by atomic mass is 35.5. The van der Waals surface area contributed by atoms with Gasteiger partial charge in [0.2, 0.25) is 11.9 Å². The molecule has 12 heteroatoms. The van der Waals surface area contributed by atoms with Crippen LogP contribution in [0.3, 0.4) is 0 Å². The summed E-state index contributed by atoms with van der Waals surface area (Å²) in [6, 6.07) is 11.1. The number of hydrogen-bond acceptors (Lipinski definition) is 6. The van der Waals surface area contributed by atoms with E-state index in [2.05, 4.69) is 31.4 Å². The average Bonchev–Trinajstić information content (AvgIpc) is 3.47. The highest BCUT2D eigenvalue weighted by Gasteiger charge is 2.56. The number of aliphatic hydroxyl groups is 1. The molecule has 48 heavy (non-hydrogen) atoms. The van der Waals surface area contributed by atoms with Gasteiger partial charge in [-0.15, -0.1) is 0 Å². The van der Waals surface area contributed by atoms with Crippen molar-refractivity contribution in [2.75, 3.05) is 36.4 Å². The largest absolute Gasteiger partial charge is 0.391 e. The van der Waals surface area contributed by atoms with E-state index in [1.165, 1.54) is 6.42 Å². The molecule has 5 fully saturated rings. The zero-order chi connectivity index (χ0) is 33.9. The fraction of sp³-hybridized carbons (Fsp3) is 0.556. The number of anilines is 2. The second kappa shape index (κ2) is 12.8. The number of rotatable bonds is 6. The minimum absolute atomic E-state index is 0.00720. The molecule has 3 heterocycles. The molecule has 2 bridgehead atoms. The summed E-state index contributed by atoms with van der Waals surface area (Å²) >= 11 is 12.6. The summed E-state index contributed by atoms with van der Waals surface area (Å²) in [7, 11) is 0. The number of nitrogens with one attached hydrogen (secondary N) is 2. The second-order valence-corrected chi connectivity index (χ2v) is 15.8. The number of aromatic nitrogens is 2. The molecule has 0 spiro atoms. The lowest BCUT2D eigenvalue weighted by atomic mass is 9.45. The number of amides is 1. The molecule has 6 atom stereocenters. The van der Waals surface area contributed by atoms with Gasteiger partial charge in [-0.25, -0.2) is 9.98 Å². The van der Waals surface area contributed by atoms with Gasteiger partial charge in [0.25, 0.3) is 5.56 Å². The summed E-state index contributed by atoms with van der Waals surface area (Å²) in [6.07, 6.45) is 2.95. The molecule has 1 aromatic heterocycles. The summed E-state index contributed by atoms with van der Waals surface area (Å²) < 4.78 is 1.69. The number of halogens is 2. The topological polar surface area (TPSA) is 115 Å². The summed E-state index contributed by atoms with van der Waals surface area (Å²) in [5.41, 5.74) is 2.39. The molecule has 0 unspecified atom stereocenters. The van der Waals surface area contributed by atoms with E-state index in [0.717, 1.165) is 17.7 Å². The SMILES string of the molecule is C[C@@H]1[C@@H](N=C(Nc2ccc3c(=O)n(CCc4ccc(Cl)cc4Cl)c(N4CC[C@H](O)C4)nc3c2)N2CC(=O)N[C@@H](C)C2)C[C@H]2C[C@@H]1C2(C)C. The number of aliphatic hydroxyl groups excluding tert-OH is 1. The van der Waals surface area contributed by atoms with E-state index in [-0.39, 0.29) is 30.1 Å². The predicted molar refractivity (Wildman–Crippen MR) is 192 cm³/mol. The molecule has 2 aromatic carbocycles. The second-order valence-electron chi connectivity index (χ2n) is 14.9. The number of aliphatic imine (C=N–C) groups is 1. The number of piperazine rings is 1. The normalized spacial score (nSPS) is 28.4. The Kier molecular flexibility index (Phi) is 8.87. The Morgan fingerprint density at radius 1 is 1.12 bits per heavy atom. The molecule has 256 valence electrons. The van der Waals surface area contributed by atoms with Gasteiger partial charge in [-0.1, -0.05) is 50.0 Å². The third-order valence-corrected chi connectivity index (χ3v) is 12.0. The zero-order valence-corrected chi connectivity index (χ0v) is 29.6. The van der Waals surface area contributed by atoms with Crippen molar-refractivity contribution in [1.82, 2.24) is 19.8 Å². The van der Waals surface area contributed by atoms with Crippen LogP contribution in [-0.2, 0) is 17.8 Å². The van der Waals surface area contributed by atoms with Crippen molar-refractivity contribution in [3.8, 4) is 0 Å². The lowest BCUT2D eigenvalue weighted by Crippen LogP contribution is -2.58. The van der Waals surface area contributed by atoms with Crippen molar-refractivity contribution < 1.29 is 9.90 Å². The molecule has 10 nitrogen and oxygen atoms in total. The first-order valence-corrected chi connectivity index (χ1v) is 17.9. The van der Waals surface area contributed by atoms with E-state index in [1.54, 1.807) is 16.7 Å². The number of guanidine groups is 1. The van der Waals surface area contributed by atoms with Crippen LogP contribution < -0.4 is 21.1 Å². The lowest BCUT2D eigenvalue weighted by molar-refractivity contribution is -0.124. The van der Waals surface area contributed by atoms with E-state index in [9.17, 15) is 14.7 Å². The molecule has 1 amide bonds. The molecule has 3 N–H and O–H groups in total. The Balaban J connectivity index is 1.23. The van der Waals surface area contributed by atoms with Gasteiger partial charge in [-0.05, 0) is 91.7 Å². The van der Waals surface area contributed by atoms with Gasteiger partial charge < -0.3 is 25.5 Å². The maximum Gasteiger partial charge on any atom is 0.262 e. The minimum Gasteiger partial charge on any atom is -0.391 e. The molecule has 3 aliphatic carbocycles. The Morgan fingerprint density at radius 2 is 1.94 bits per heavy atom. The smallest absolute Gasteiger partial charge is 0.262 e. The monoisotopic (exact) mass is 693 g/mol. The maximum absolute atomic E-state index is 14.1. The van der Waals surface area contributed by atoms with Gasteiger partial charge in [-0.2, -0.15) is 0 Å². The van der Waals surface area contributed by atoms with E-state index < -0.39 is 6.10 Å². The van der Waals surface area contributed by atoms with Crippen molar-refractivity contribution in [3.63, 3.8) is 0 Å². The molecule has 8 rings (SSSR count). The average molecular weight is 695 g/mol. The van der Waals surface area contributed by atoms with E-state index in [0.29, 0.717) is 95.0 Å². The Hall–Kier alpha value is -3.34. The van der Waals surface area contributed by atoms with Crippen molar-refractivity contribution >= 4 is 57.6 Å². The first kappa shape index (κ1) is 33.2. The molecule has 0 radical (unpaired) electrons. The van der Waals surface area contributed by atoms with Crippen molar-refractivity contribution in [3.05, 3.63) is 62.4 Å². The third kappa shape index (κ3) is 6.27. The molecular formula is C36H45Cl2N7O3. The number of carbonyl (C=O) groups excluding carboxylic acids is 1. The summed E-state index contributed by atoms with van der Waals surface area (Å²) in [4.78, 5) is 41.1. The van der Waals surface area contributed by atoms with Gasteiger partial charge in [0.1, 0.15) is 0 Å². The zero-order valence-electron chi connectivity index (χ0n) is 28.0. The first-order chi connectivity index (χ1) is 22.9. The Labute approximate surface area is 291 Å². The van der Waals surface area contributed by atoms with Gasteiger partial charge >= 0.3 is 0 Å². The van der Waals surface area contributed by atoms with Crippen LogP contribution in [0.4, 0.5) is 11.6 Å².